The van der Waals surface area contributed by atoms with Crippen LogP contribution in [0.4, 0.5) is 0 Å². The van der Waals surface area contributed by atoms with Crippen molar-refractivity contribution in [2.24, 2.45) is 0 Å². The van der Waals surface area contributed by atoms with E-state index in [-0.39, 0.29) is 0 Å². The predicted octanol–water partition coefficient (Wildman–Crippen LogP) is 11.2. The van der Waals surface area contributed by atoms with Crippen molar-refractivity contribution in [2.45, 2.75) is 0 Å². The zero-order chi connectivity index (χ0) is 31.6. The van der Waals surface area contributed by atoms with Crippen molar-refractivity contribution in [3.8, 4) is 22.3 Å². The molecule has 0 heterocycles. The largest absolute Gasteiger partial charge is 0.145 e. The standard InChI is InChI=1S/2C15H11.C12H10Si.2ClH.Zr/c2*1-2-6-12(7-3-1)15-10-13-8-4-5-9-14(13)11-15;1-3-7-11(8-4-1)13-12-9-5-2-6-10-12;;;/h2*1-11H;1-10H;2*1H;/q2*-1;;;;+2/p-2. The second-order valence-corrected chi connectivity index (χ2v) is 30.0. The number of rotatable bonds is 4. The van der Waals surface area contributed by atoms with Gasteiger partial charge in [0.25, 0.3) is 0 Å². The monoisotopic (exact) mass is 724 g/mol. The van der Waals surface area contributed by atoms with Gasteiger partial charge in [0.1, 0.15) is 0 Å². The summed E-state index contributed by atoms with van der Waals surface area (Å²) >= 11 is -2.26. The van der Waals surface area contributed by atoms with Gasteiger partial charge in [0.05, 0.1) is 0 Å². The molecule has 8 aromatic carbocycles. The summed E-state index contributed by atoms with van der Waals surface area (Å²) in [5, 5.41) is 7.93. The zero-order valence-electron chi connectivity index (χ0n) is 25.2. The number of hydrogen-bond donors (Lipinski definition) is 0. The maximum atomic E-state index is 6.32. The Morgan fingerprint density at radius 2 is 0.717 bits per heavy atom. The van der Waals surface area contributed by atoms with Crippen LogP contribution in [0.3, 0.4) is 0 Å². The predicted molar refractivity (Wildman–Crippen MR) is 200 cm³/mol. The van der Waals surface area contributed by atoms with Crippen LogP contribution in [0.25, 0.3) is 43.8 Å². The maximum Gasteiger partial charge on any atom is -0.0635 e. The van der Waals surface area contributed by atoms with Gasteiger partial charge in [0.2, 0.25) is 0 Å². The Morgan fingerprint density at radius 3 is 1.07 bits per heavy atom. The summed E-state index contributed by atoms with van der Waals surface area (Å²) in [5.74, 6) is 0. The van der Waals surface area contributed by atoms with Crippen LogP contribution in [0, 0.1) is 0 Å². The Hall–Kier alpha value is -3.78. The van der Waals surface area contributed by atoms with Crippen LogP contribution < -0.4 is 10.4 Å². The van der Waals surface area contributed by atoms with Crippen LogP contribution in [0.5, 0.6) is 0 Å². The topological polar surface area (TPSA) is 0 Å². The Kier molecular flexibility index (Phi) is 11.3. The van der Waals surface area contributed by atoms with Gasteiger partial charge in [-0.3, -0.25) is 0 Å². The molecule has 0 bridgehead atoms. The molecule has 0 saturated heterocycles. The SMILES string of the molecule is [Cl][Zr]([Cl])=[Si](c1ccccc1)c1ccccc1.c1ccc(-c2cc3ccccc3[cH-]2)cc1.c1ccc(-c2cc3ccccc3[cH-]2)cc1. The fourth-order valence-electron chi connectivity index (χ4n) is 5.49. The second-order valence-electron chi connectivity index (χ2n) is 10.8. The summed E-state index contributed by atoms with van der Waals surface area (Å²) < 4.78 is 0. The van der Waals surface area contributed by atoms with Gasteiger partial charge < -0.3 is 0 Å². The molecular formula is C42H32Cl2SiZr-2. The van der Waals surface area contributed by atoms with E-state index in [1.807, 2.05) is 24.3 Å². The molecule has 0 nitrogen and oxygen atoms in total. The third-order valence-corrected chi connectivity index (χ3v) is 23.7. The van der Waals surface area contributed by atoms with E-state index in [9.17, 15) is 0 Å². The van der Waals surface area contributed by atoms with Gasteiger partial charge in [-0.25, -0.2) is 0 Å². The van der Waals surface area contributed by atoms with Gasteiger partial charge in [-0.15, -0.1) is 69.1 Å². The van der Waals surface area contributed by atoms with Gasteiger partial charge in [0.15, 0.2) is 0 Å². The third-order valence-electron chi connectivity index (χ3n) is 7.76. The van der Waals surface area contributed by atoms with Crippen molar-refractivity contribution < 1.29 is 18.0 Å². The molecule has 46 heavy (non-hydrogen) atoms. The fraction of sp³-hybridized carbons (Fsp3) is 0. The molecule has 0 aliphatic carbocycles. The minimum Gasteiger partial charge on any atom is -0.145 e. The van der Waals surface area contributed by atoms with Gasteiger partial charge in [-0.05, 0) is 0 Å². The van der Waals surface area contributed by atoms with Gasteiger partial charge in [-0.1, -0.05) is 108 Å². The van der Waals surface area contributed by atoms with Crippen molar-refractivity contribution >= 4 is 54.4 Å². The molecule has 0 N–H and O–H groups in total. The van der Waals surface area contributed by atoms with E-state index in [2.05, 4.69) is 170 Å². The summed E-state index contributed by atoms with van der Waals surface area (Å²) in [4.78, 5) is 0. The second kappa shape index (κ2) is 16.2. The van der Waals surface area contributed by atoms with E-state index in [1.54, 1.807) is 0 Å². The van der Waals surface area contributed by atoms with E-state index in [0.29, 0.717) is 0 Å². The Labute approximate surface area is 286 Å². The first-order chi connectivity index (χ1) is 22.7. The molecular weight excluding hydrogens is 695 g/mol. The molecule has 0 radical (unpaired) electrons. The zero-order valence-corrected chi connectivity index (χ0v) is 30.2. The molecule has 224 valence electrons. The number of fused-ring (bicyclic) bond motifs is 2. The van der Waals surface area contributed by atoms with Crippen molar-refractivity contribution in [2.75, 3.05) is 0 Å². The van der Waals surface area contributed by atoms with Crippen molar-refractivity contribution in [1.29, 1.82) is 0 Å². The normalized spacial score (nSPS) is 10.4. The van der Waals surface area contributed by atoms with E-state index < -0.39 is 23.4 Å². The molecule has 0 atom stereocenters. The summed E-state index contributed by atoms with van der Waals surface area (Å²) in [7, 11) is 12.6. The van der Waals surface area contributed by atoms with E-state index in [4.69, 9.17) is 17.0 Å². The fourth-order valence-corrected chi connectivity index (χ4v) is 20.7. The molecule has 0 unspecified atom stereocenters. The van der Waals surface area contributed by atoms with E-state index in [0.717, 1.165) is 0 Å². The summed E-state index contributed by atoms with van der Waals surface area (Å²) in [6, 6.07) is 67.8. The minimum absolute atomic E-state index is 0.889. The molecule has 0 amide bonds. The quantitative estimate of drug-likeness (QED) is 0.125. The van der Waals surface area contributed by atoms with Crippen molar-refractivity contribution in [3.63, 3.8) is 0 Å². The first kappa shape index (κ1) is 32.2. The average Bonchev–Trinajstić information content (AvgIpc) is 3.76. The number of benzene rings is 6. The molecule has 0 aliphatic heterocycles. The van der Waals surface area contributed by atoms with E-state index in [1.165, 1.54) is 54.2 Å². The molecule has 0 saturated carbocycles. The van der Waals surface area contributed by atoms with Crippen LogP contribution in [-0.4, -0.2) is 5.43 Å². The molecule has 8 rings (SSSR count). The summed E-state index contributed by atoms with van der Waals surface area (Å²) in [5.41, 5.74) is 4.29. The molecule has 4 heteroatoms. The van der Waals surface area contributed by atoms with Crippen LogP contribution >= 0.6 is 17.0 Å². The van der Waals surface area contributed by atoms with Crippen molar-refractivity contribution in [1.82, 2.24) is 0 Å². The summed E-state index contributed by atoms with van der Waals surface area (Å²) in [6.07, 6.45) is 0. The number of hydrogen-bond acceptors (Lipinski definition) is 0. The maximum absolute atomic E-state index is 6.32. The van der Waals surface area contributed by atoms with E-state index >= 15 is 0 Å². The van der Waals surface area contributed by atoms with Gasteiger partial charge in [-0.2, -0.15) is 0 Å². The Morgan fingerprint density at radius 1 is 0.391 bits per heavy atom. The third kappa shape index (κ3) is 8.32. The summed E-state index contributed by atoms with van der Waals surface area (Å²) in [6.45, 7) is 0. The molecule has 8 aromatic rings. The van der Waals surface area contributed by atoms with Crippen LogP contribution in [0.2, 0.25) is 0 Å². The molecule has 0 fully saturated rings. The average molecular weight is 727 g/mol. The Balaban J connectivity index is 0.000000121. The Bertz CT molecular complexity index is 1930. The van der Waals surface area contributed by atoms with Gasteiger partial charge in [0, 0.05) is 0 Å². The van der Waals surface area contributed by atoms with Crippen LogP contribution in [-0.2, 0) is 18.0 Å². The molecule has 0 aliphatic rings. The molecule has 0 spiro atoms. The first-order valence-electron chi connectivity index (χ1n) is 15.2. The smallest absolute Gasteiger partial charge is 0.0635 e. The first-order valence-corrected chi connectivity index (χ1v) is 26.8. The molecule has 0 aromatic heterocycles. The van der Waals surface area contributed by atoms with Crippen molar-refractivity contribution in [3.05, 3.63) is 194 Å². The minimum atomic E-state index is -2.26. The van der Waals surface area contributed by atoms with Gasteiger partial charge >= 0.3 is 111 Å². The van der Waals surface area contributed by atoms with Crippen LogP contribution in [0.1, 0.15) is 0 Å². The number of halogens is 2. The van der Waals surface area contributed by atoms with Crippen LogP contribution in [0.15, 0.2) is 194 Å².